The summed E-state index contributed by atoms with van der Waals surface area (Å²) in [5.74, 6) is 0.427. The minimum absolute atomic E-state index is 0.0680. The highest BCUT2D eigenvalue weighted by molar-refractivity contribution is 9.10. The van der Waals surface area contributed by atoms with Crippen molar-refractivity contribution in [2.75, 3.05) is 6.61 Å². The molecule has 0 aliphatic carbocycles. The van der Waals surface area contributed by atoms with Crippen molar-refractivity contribution in [1.29, 1.82) is 0 Å². The molecule has 2 rings (SSSR count). The Morgan fingerprint density at radius 2 is 1.87 bits per heavy atom. The van der Waals surface area contributed by atoms with Gasteiger partial charge in [0.05, 0.1) is 5.71 Å². The van der Waals surface area contributed by atoms with Crippen molar-refractivity contribution in [2.45, 2.75) is 20.8 Å². The average molecular weight is 375 g/mol. The normalized spacial score (nSPS) is 11.2. The fourth-order valence-electron chi connectivity index (χ4n) is 1.96. The molecule has 0 aliphatic rings. The predicted molar refractivity (Wildman–Crippen MR) is 95.9 cm³/mol. The molecule has 0 saturated heterocycles. The molecular formula is C18H19BrN2O2. The van der Waals surface area contributed by atoms with Gasteiger partial charge in [-0.15, -0.1) is 0 Å². The molecule has 0 spiro atoms. The van der Waals surface area contributed by atoms with Gasteiger partial charge in [-0.3, -0.25) is 4.79 Å². The molecule has 0 bridgehead atoms. The van der Waals surface area contributed by atoms with Gasteiger partial charge >= 0.3 is 0 Å². The number of amides is 1. The first-order chi connectivity index (χ1) is 11.0. The van der Waals surface area contributed by atoms with Gasteiger partial charge in [0.15, 0.2) is 6.61 Å². The van der Waals surface area contributed by atoms with Gasteiger partial charge in [0.25, 0.3) is 5.91 Å². The molecule has 0 radical (unpaired) electrons. The molecule has 23 heavy (non-hydrogen) atoms. The summed E-state index contributed by atoms with van der Waals surface area (Å²) in [6, 6.07) is 13.5. The Bertz CT molecular complexity index is 724. The molecule has 0 saturated carbocycles. The summed E-state index contributed by atoms with van der Waals surface area (Å²) in [6.07, 6.45) is 0. The first-order valence-electron chi connectivity index (χ1n) is 7.25. The number of rotatable bonds is 5. The second-order valence-corrected chi connectivity index (χ2v) is 6.14. The quantitative estimate of drug-likeness (QED) is 0.635. The van der Waals surface area contributed by atoms with Gasteiger partial charge in [-0.05, 0) is 55.7 Å². The number of hydrazone groups is 1. The van der Waals surface area contributed by atoms with Crippen molar-refractivity contribution in [3.63, 3.8) is 0 Å². The van der Waals surface area contributed by atoms with Crippen LogP contribution < -0.4 is 10.2 Å². The largest absolute Gasteiger partial charge is 0.483 e. The van der Waals surface area contributed by atoms with Crippen molar-refractivity contribution in [2.24, 2.45) is 5.10 Å². The highest BCUT2D eigenvalue weighted by atomic mass is 79.9. The van der Waals surface area contributed by atoms with Crippen molar-refractivity contribution in [1.82, 2.24) is 5.43 Å². The summed E-state index contributed by atoms with van der Waals surface area (Å²) in [6.45, 7) is 5.75. The van der Waals surface area contributed by atoms with Gasteiger partial charge in [-0.25, -0.2) is 5.43 Å². The molecule has 5 heteroatoms. The SMILES string of the molecule is C/C(=N\NC(=O)COc1cccc(C)c1C)c1ccc(Br)cc1. The third-order valence-corrected chi connectivity index (χ3v) is 4.05. The van der Waals surface area contributed by atoms with Crippen molar-refractivity contribution >= 4 is 27.5 Å². The molecule has 0 fully saturated rings. The highest BCUT2D eigenvalue weighted by Crippen LogP contribution is 2.20. The van der Waals surface area contributed by atoms with E-state index in [1.165, 1.54) is 0 Å². The molecule has 0 aliphatic heterocycles. The van der Waals surface area contributed by atoms with Crippen LogP contribution in [0.3, 0.4) is 0 Å². The van der Waals surface area contributed by atoms with E-state index in [0.717, 1.165) is 26.9 Å². The van der Waals surface area contributed by atoms with Crippen LogP contribution >= 0.6 is 15.9 Å². The Morgan fingerprint density at radius 3 is 2.57 bits per heavy atom. The van der Waals surface area contributed by atoms with E-state index in [1.54, 1.807) is 0 Å². The molecule has 2 aromatic rings. The smallest absolute Gasteiger partial charge is 0.277 e. The lowest BCUT2D eigenvalue weighted by Gasteiger charge is -2.10. The maximum Gasteiger partial charge on any atom is 0.277 e. The number of nitrogens with zero attached hydrogens (tertiary/aromatic N) is 1. The fourth-order valence-corrected chi connectivity index (χ4v) is 2.22. The highest BCUT2D eigenvalue weighted by Gasteiger charge is 2.06. The Kier molecular flexibility index (Phi) is 5.93. The molecule has 120 valence electrons. The van der Waals surface area contributed by atoms with E-state index in [4.69, 9.17) is 4.74 Å². The summed E-state index contributed by atoms with van der Waals surface area (Å²) < 4.78 is 6.55. The topological polar surface area (TPSA) is 50.7 Å². The van der Waals surface area contributed by atoms with Crippen LogP contribution in [0.2, 0.25) is 0 Å². The monoisotopic (exact) mass is 374 g/mol. The van der Waals surface area contributed by atoms with E-state index in [9.17, 15) is 4.79 Å². The second kappa shape index (κ2) is 7.92. The number of hydrogen-bond donors (Lipinski definition) is 1. The summed E-state index contributed by atoms with van der Waals surface area (Å²) in [7, 11) is 0. The van der Waals surface area contributed by atoms with Gasteiger partial charge < -0.3 is 4.74 Å². The molecule has 0 atom stereocenters. The first-order valence-corrected chi connectivity index (χ1v) is 8.05. The second-order valence-electron chi connectivity index (χ2n) is 5.23. The van der Waals surface area contributed by atoms with E-state index >= 15 is 0 Å². The standard InChI is InChI=1S/C18H19BrN2O2/c1-12-5-4-6-17(13(12)2)23-11-18(22)21-20-14(3)15-7-9-16(19)10-8-15/h4-10H,11H2,1-3H3,(H,21,22)/b20-14+. The molecule has 0 unspecified atom stereocenters. The third kappa shape index (κ3) is 4.93. The number of benzene rings is 2. The van der Waals surface area contributed by atoms with Gasteiger partial charge in [0.1, 0.15) is 5.75 Å². The van der Waals surface area contributed by atoms with Gasteiger partial charge in [0.2, 0.25) is 0 Å². The molecule has 4 nitrogen and oxygen atoms in total. The van der Waals surface area contributed by atoms with Gasteiger partial charge in [0, 0.05) is 4.47 Å². The van der Waals surface area contributed by atoms with Crippen molar-refractivity contribution in [3.8, 4) is 5.75 Å². The lowest BCUT2D eigenvalue weighted by atomic mass is 10.1. The fraction of sp³-hybridized carbons (Fsp3) is 0.222. The van der Waals surface area contributed by atoms with Crippen LogP contribution in [0.4, 0.5) is 0 Å². The molecule has 1 amide bonds. The molecule has 2 aromatic carbocycles. The van der Waals surface area contributed by atoms with Crippen LogP contribution in [0.15, 0.2) is 52.0 Å². The number of carbonyl (C=O) groups excluding carboxylic acids is 1. The Labute approximate surface area is 144 Å². The molecule has 0 heterocycles. The zero-order valence-electron chi connectivity index (χ0n) is 13.4. The van der Waals surface area contributed by atoms with Crippen molar-refractivity contribution in [3.05, 3.63) is 63.6 Å². The number of hydrogen-bond acceptors (Lipinski definition) is 3. The van der Waals surface area contributed by atoms with Crippen LogP contribution in [0.1, 0.15) is 23.6 Å². The number of aryl methyl sites for hydroxylation is 1. The van der Waals surface area contributed by atoms with Crippen molar-refractivity contribution < 1.29 is 9.53 Å². The average Bonchev–Trinajstić information content (AvgIpc) is 2.54. The number of ether oxygens (including phenoxy) is 1. The minimum Gasteiger partial charge on any atom is -0.483 e. The van der Waals surface area contributed by atoms with E-state index in [2.05, 4.69) is 26.5 Å². The first kappa shape index (κ1) is 17.2. The Hall–Kier alpha value is -2.14. The lowest BCUT2D eigenvalue weighted by molar-refractivity contribution is -0.123. The van der Waals surface area contributed by atoms with Crippen LogP contribution in [-0.2, 0) is 4.79 Å². The molecule has 1 N–H and O–H groups in total. The van der Waals surface area contributed by atoms with Gasteiger partial charge in [-0.1, -0.05) is 40.2 Å². The van der Waals surface area contributed by atoms with Gasteiger partial charge in [-0.2, -0.15) is 5.10 Å². The Morgan fingerprint density at radius 1 is 1.17 bits per heavy atom. The number of halogens is 1. The lowest BCUT2D eigenvalue weighted by Crippen LogP contribution is -2.25. The zero-order chi connectivity index (χ0) is 16.8. The summed E-state index contributed by atoms with van der Waals surface area (Å²) in [5.41, 5.74) is 6.36. The Balaban J connectivity index is 1.91. The van der Waals surface area contributed by atoms with E-state index in [1.807, 2.05) is 63.2 Å². The van der Waals surface area contributed by atoms with E-state index in [-0.39, 0.29) is 12.5 Å². The predicted octanol–water partition coefficient (Wildman–Crippen LogP) is 3.99. The van der Waals surface area contributed by atoms with Crippen LogP contribution in [0, 0.1) is 13.8 Å². The summed E-state index contributed by atoms with van der Waals surface area (Å²) in [5, 5.41) is 4.10. The maximum atomic E-state index is 11.9. The molecule has 0 aromatic heterocycles. The molecular weight excluding hydrogens is 356 g/mol. The summed E-state index contributed by atoms with van der Waals surface area (Å²) >= 11 is 3.38. The summed E-state index contributed by atoms with van der Waals surface area (Å²) in [4.78, 5) is 11.9. The van der Waals surface area contributed by atoms with Crippen LogP contribution in [-0.4, -0.2) is 18.2 Å². The van der Waals surface area contributed by atoms with E-state index < -0.39 is 0 Å². The minimum atomic E-state index is -0.289. The number of nitrogens with one attached hydrogen (secondary N) is 1. The van der Waals surface area contributed by atoms with Crippen LogP contribution in [0.5, 0.6) is 5.75 Å². The number of carbonyl (C=O) groups is 1. The maximum absolute atomic E-state index is 11.9. The third-order valence-electron chi connectivity index (χ3n) is 3.52. The van der Waals surface area contributed by atoms with Crippen LogP contribution in [0.25, 0.3) is 0 Å². The van der Waals surface area contributed by atoms with E-state index in [0.29, 0.717) is 5.75 Å². The zero-order valence-corrected chi connectivity index (χ0v) is 15.0.